The molecule has 0 aliphatic rings. The Kier molecular flexibility index (Phi) is 6.09. The van der Waals surface area contributed by atoms with Gasteiger partial charge in [-0.15, -0.1) is 5.01 Å². The molecule has 0 aromatic heterocycles. The van der Waals surface area contributed by atoms with Crippen LogP contribution in [0.25, 0.3) is 0 Å². The Labute approximate surface area is 165 Å². The molecular weight excluding hydrogens is 354 g/mol. The number of nitriles is 1. The first-order valence-electron chi connectivity index (χ1n) is 8.90. The molecule has 0 unspecified atom stereocenters. The summed E-state index contributed by atoms with van der Waals surface area (Å²) in [6, 6.07) is 12.1. The van der Waals surface area contributed by atoms with Gasteiger partial charge in [-0.25, -0.2) is 5.01 Å². The highest BCUT2D eigenvalue weighted by atomic mass is 16.5. The minimum absolute atomic E-state index is 0.298. The summed E-state index contributed by atoms with van der Waals surface area (Å²) in [7, 11) is 1.52. The number of rotatable bonds is 3. The Hall–Kier alpha value is -3.33. The SMILES string of the molecule is COc1cccc(C(=O)N(C#N)N(C(=O)c2cccc(C)c2)C(C)(C)C)c1C. The van der Waals surface area contributed by atoms with Gasteiger partial charge in [-0.05, 0) is 58.9 Å². The second kappa shape index (κ2) is 8.13. The highest BCUT2D eigenvalue weighted by Gasteiger charge is 2.37. The van der Waals surface area contributed by atoms with Gasteiger partial charge in [-0.2, -0.15) is 5.26 Å². The molecule has 6 heteroatoms. The van der Waals surface area contributed by atoms with Crippen molar-refractivity contribution in [2.24, 2.45) is 0 Å². The molecule has 0 atom stereocenters. The quantitative estimate of drug-likeness (QED) is 0.457. The van der Waals surface area contributed by atoms with Crippen molar-refractivity contribution in [2.45, 2.75) is 40.2 Å². The van der Waals surface area contributed by atoms with Crippen LogP contribution in [0.2, 0.25) is 0 Å². The molecule has 0 aliphatic heterocycles. The number of hydrazine groups is 1. The fourth-order valence-electron chi connectivity index (χ4n) is 2.96. The Balaban J connectivity index is 2.54. The summed E-state index contributed by atoms with van der Waals surface area (Å²) in [5, 5.41) is 11.8. The van der Waals surface area contributed by atoms with Gasteiger partial charge in [0.1, 0.15) is 5.75 Å². The first-order chi connectivity index (χ1) is 13.1. The number of ether oxygens (including phenoxy) is 1. The summed E-state index contributed by atoms with van der Waals surface area (Å²) < 4.78 is 5.27. The maximum atomic E-state index is 13.2. The minimum Gasteiger partial charge on any atom is -0.496 e. The van der Waals surface area contributed by atoms with E-state index in [0.29, 0.717) is 22.4 Å². The maximum absolute atomic E-state index is 13.2. The Morgan fingerprint density at radius 1 is 1.04 bits per heavy atom. The van der Waals surface area contributed by atoms with Crippen molar-refractivity contribution in [3.05, 3.63) is 64.7 Å². The number of aryl methyl sites for hydroxylation is 1. The summed E-state index contributed by atoms with van der Waals surface area (Å²) in [5.41, 5.74) is 1.42. The van der Waals surface area contributed by atoms with Crippen LogP contribution in [-0.2, 0) is 0 Å². The molecule has 0 radical (unpaired) electrons. The lowest BCUT2D eigenvalue weighted by Gasteiger charge is -2.39. The number of carbonyl (C=O) groups excluding carboxylic acids is 2. The van der Waals surface area contributed by atoms with Crippen LogP contribution in [0.1, 0.15) is 52.6 Å². The van der Waals surface area contributed by atoms with Crippen LogP contribution in [0.5, 0.6) is 5.75 Å². The predicted molar refractivity (Wildman–Crippen MR) is 107 cm³/mol. The van der Waals surface area contributed by atoms with E-state index < -0.39 is 17.4 Å². The molecule has 0 spiro atoms. The van der Waals surface area contributed by atoms with E-state index in [2.05, 4.69) is 0 Å². The molecule has 0 heterocycles. The van der Waals surface area contributed by atoms with E-state index in [-0.39, 0.29) is 0 Å². The van der Waals surface area contributed by atoms with Gasteiger partial charge in [0.25, 0.3) is 11.8 Å². The summed E-state index contributed by atoms with van der Waals surface area (Å²) in [5.74, 6) is -0.475. The van der Waals surface area contributed by atoms with E-state index in [0.717, 1.165) is 10.6 Å². The first kappa shape index (κ1) is 21.0. The number of amides is 2. The van der Waals surface area contributed by atoms with Crippen LogP contribution in [0.3, 0.4) is 0 Å². The van der Waals surface area contributed by atoms with Gasteiger partial charge in [0.05, 0.1) is 12.6 Å². The van der Waals surface area contributed by atoms with Crippen LogP contribution in [0, 0.1) is 25.3 Å². The zero-order valence-corrected chi connectivity index (χ0v) is 17.1. The van der Waals surface area contributed by atoms with Crippen LogP contribution in [0.15, 0.2) is 42.5 Å². The summed E-state index contributed by atoms with van der Waals surface area (Å²) >= 11 is 0. The lowest BCUT2D eigenvalue weighted by atomic mass is 10.0. The second-order valence-corrected chi connectivity index (χ2v) is 7.51. The van der Waals surface area contributed by atoms with Crippen LogP contribution >= 0.6 is 0 Å². The molecule has 0 fully saturated rings. The van der Waals surface area contributed by atoms with Gasteiger partial charge >= 0.3 is 0 Å². The molecular formula is C22H25N3O3. The summed E-state index contributed by atoms with van der Waals surface area (Å²) in [6.45, 7) is 8.95. The first-order valence-corrected chi connectivity index (χ1v) is 8.90. The second-order valence-electron chi connectivity index (χ2n) is 7.51. The minimum atomic E-state index is -0.807. The summed E-state index contributed by atoms with van der Waals surface area (Å²) in [6.07, 6.45) is 1.89. The molecule has 0 bridgehead atoms. The third kappa shape index (κ3) is 4.15. The smallest absolute Gasteiger partial charge is 0.286 e. The van der Waals surface area contributed by atoms with Gasteiger partial charge in [-0.1, -0.05) is 23.8 Å². The van der Waals surface area contributed by atoms with Gasteiger partial charge in [0, 0.05) is 16.7 Å². The zero-order chi connectivity index (χ0) is 21.1. The number of benzene rings is 2. The lowest BCUT2D eigenvalue weighted by Crippen LogP contribution is -2.56. The topological polar surface area (TPSA) is 73.6 Å². The number of methoxy groups -OCH3 is 1. The van der Waals surface area contributed by atoms with Crippen molar-refractivity contribution in [1.82, 2.24) is 10.0 Å². The maximum Gasteiger partial charge on any atom is 0.286 e. The van der Waals surface area contributed by atoms with Gasteiger partial charge in [0.2, 0.25) is 6.19 Å². The van der Waals surface area contributed by atoms with Gasteiger partial charge in [-0.3, -0.25) is 9.59 Å². The van der Waals surface area contributed by atoms with E-state index in [1.807, 2.05) is 19.2 Å². The molecule has 0 saturated carbocycles. The molecule has 146 valence electrons. The zero-order valence-electron chi connectivity index (χ0n) is 17.1. The lowest BCUT2D eigenvalue weighted by molar-refractivity contribution is -0.0167. The molecule has 0 saturated heterocycles. The average molecular weight is 379 g/mol. The monoisotopic (exact) mass is 379 g/mol. The van der Waals surface area contributed by atoms with E-state index in [9.17, 15) is 14.9 Å². The Bertz CT molecular complexity index is 939. The standard InChI is InChI=1S/C22H25N3O3/c1-15-9-7-10-17(13-15)20(26)25(22(3,4)5)24(14-23)21(27)18-11-8-12-19(28-6)16(18)2/h7-13H,1-6H3. The normalized spacial score (nSPS) is 10.8. The van der Waals surface area contributed by atoms with E-state index >= 15 is 0 Å². The number of hydrogen-bond acceptors (Lipinski definition) is 4. The molecule has 2 rings (SSSR count). The molecule has 0 N–H and O–H groups in total. The molecule has 2 aromatic carbocycles. The van der Waals surface area contributed by atoms with Crippen LogP contribution in [0.4, 0.5) is 0 Å². The molecule has 2 aromatic rings. The van der Waals surface area contributed by atoms with Gasteiger partial charge < -0.3 is 4.74 Å². The largest absolute Gasteiger partial charge is 0.496 e. The molecule has 6 nitrogen and oxygen atoms in total. The van der Waals surface area contributed by atoms with Crippen molar-refractivity contribution < 1.29 is 14.3 Å². The van der Waals surface area contributed by atoms with Crippen molar-refractivity contribution in [3.63, 3.8) is 0 Å². The highest BCUT2D eigenvalue weighted by molar-refractivity contribution is 6.01. The van der Waals surface area contributed by atoms with Crippen molar-refractivity contribution in [3.8, 4) is 11.9 Å². The van der Waals surface area contributed by atoms with E-state index in [1.165, 1.54) is 12.1 Å². The van der Waals surface area contributed by atoms with Crippen molar-refractivity contribution >= 4 is 11.8 Å². The summed E-state index contributed by atoms with van der Waals surface area (Å²) in [4.78, 5) is 26.5. The molecule has 0 aliphatic carbocycles. The van der Waals surface area contributed by atoms with Crippen LogP contribution in [-0.4, -0.2) is 34.5 Å². The third-order valence-electron chi connectivity index (χ3n) is 4.31. The van der Waals surface area contributed by atoms with E-state index in [1.54, 1.807) is 64.1 Å². The van der Waals surface area contributed by atoms with Crippen molar-refractivity contribution in [2.75, 3.05) is 7.11 Å². The fraction of sp³-hybridized carbons (Fsp3) is 0.318. The Morgan fingerprint density at radius 2 is 1.68 bits per heavy atom. The Morgan fingerprint density at radius 3 is 2.21 bits per heavy atom. The predicted octanol–water partition coefficient (Wildman–Crippen LogP) is 4.09. The third-order valence-corrected chi connectivity index (χ3v) is 4.31. The van der Waals surface area contributed by atoms with Crippen molar-refractivity contribution in [1.29, 1.82) is 5.26 Å². The number of nitrogens with zero attached hydrogens (tertiary/aromatic N) is 3. The van der Waals surface area contributed by atoms with Gasteiger partial charge in [0.15, 0.2) is 0 Å². The van der Waals surface area contributed by atoms with Crippen LogP contribution < -0.4 is 4.74 Å². The molecule has 28 heavy (non-hydrogen) atoms. The average Bonchev–Trinajstić information content (AvgIpc) is 2.64. The highest BCUT2D eigenvalue weighted by Crippen LogP contribution is 2.26. The molecule has 2 amide bonds. The fourth-order valence-corrected chi connectivity index (χ4v) is 2.96. The number of hydrogen-bond donors (Lipinski definition) is 0. The van der Waals surface area contributed by atoms with E-state index in [4.69, 9.17) is 4.74 Å². The number of carbonyl (C=O) groups is 2.